The third-order valence-corrected chi connectivity index (χ3v) is 3.87. The van der Waals surface area contributed by atoms with Crippen LogP contribution in [0.5, 0.6) is 5.75 Å². The number of hydrogen-bond acceptors (Lipinski definition) is 3. The molecule has 0 fully saturated rings. The first-order valence-electron chi connectivity index (χ1n) is 5.85. The predicted molar refractivity (Wildman–Crippen MR) is 70.6 cm³/mol. The van der Waals surface area contributed by atoms with Crippen LogP contribution in [-0.4, -0.2) is 15.9 Å². The number of hydrogen-bond donors (Lipinski definition) is 0. The molecule has 108 valence electrons. The summed E-state index contributed by atoms with van der Waals surface area (Å²) in [6, 6.07) is 5.89. The van der Waals surface area contributed by atoms with E-state index in [0.717, 1.165) is 10.7 Å². The minimum Gasteiger partial charge on any atom is -0.406 e. The number of nitrogens with zero attached hydrogens (tertiary/aromatic N) is 2. The van der Waals surface area contributed by atoms with Crippen LogP contribution in [0.4, 0.5) is 13.2 Å². The van der Waals surface area contributed by atoms with Gasteiger partial charge in [0.1, 0.15) is 5.75 Å². The zero-order valence-electron chi connectivity index (χ0n) is 10.9. The lowest BCUT2D eigenvalue weighted by molar-refractivity contribution is -0.274. The number of aromatic nitrogens is 2. The van der Waals surface area contributed by atoms with E-state index in [1.54, 1.807) is 18.3 Å². The molecule has 2 rings (SSSR count). The molecule has 3 nitrogen and oxygen atoms in total. The molecule has 1 atom stereocenters. The Morgan fingerprint density at radius 3 is 2.40 bits per heavy atom. The summed E-state index contributed by atoms with van der Waals surface area (Å²) < 4.78 is 41.9. The molecule has 0 aliphatic heterocycles. The highest BCUT2D eigenvalue weighted by molar-refractivity contribution is 7.99. The standard InChI is InChI=1S/C13H13F3N2OS/c1-9(20-12-17-7-8-18(12)2)10-3-5-11(6-4-10)19-13(14,15)16/h3-9H,1-2H3. The quantitative estimate of drug-likeness (QED) is 0.793. The maximum absolute atomic E-state index is 12.1. The normalized spacial score (nSPS) is 13.2. The van der Waals surface area contributed by atoms with E-state index in [0.29, 0.717) is 0 Å². The fraction of sp³-hybridized carbons (Fsp3) is 0.308. The van der Waals surface area contributed by atoms with Gasteiger partial charge < -0.3 is 9.30 Å². The van der Waals surface area contributed by atoms with Crippen molar-refractivity contribution in [3.05, 3.63) is 42.2 Å². The highest BCUT2D eigenvalue weighted by Gasteiger charge is 2.31. The lowest BCUT2D eigenvalue weighted by atomic mass is 10.2. The molecule has 2 aromatic rings. The second-order valence-corrected chi connectivity index (χ2v) is 5.51. The fourth-order valence-corrected chi connectivity index (χ4v) is 2.59. The van der Waals surface area contributed by atoms with Crippen LogP contribution in [0.3, 0.4) is 0 Å². The van der Waals surface area contributed by atoms with Gasteiger partial charge in [0, 0.05) is 24.7 Å². The van der Waals surface area contributed by atoms with Crippen LogP contribution in [0, 0.1) is 0 Å². The molecule has 0 saturated carbocycles. The number of alkyl halides is 3. The lowest BCUT2D eigenvalue weighted by Crippen LogP contribution is -2.17. The smallest absolute Gasteiger partial charge is 0.406 e. The van der Waals surface area contributed by atoms with Gasteiger partial charge in [-0.1, -0.05) is 23.9 Å². The van der Waals surface area contributed by atoms with E-state index in [1.165, 1.54) is 23.9 Å². The number of benzene rings is 1. The van der Waals surface area contributed by atoms with Crippen LogP contribution in [0.15, 0.2) is 41.8 Å². The van der Waals surface area contributed by atoms with Crippen molar-refractivity contribution in [3.63, 3.8) is 0 Å². The highest BCUT2D eigenvalue weighted by atomic mass is 32.2. The van der Waals surface area contributed by atoms with Gasteiger partial charge in [-0.2, -0.15) is 0 Å². The van der Waals surface area contributed by atoms with E-state index in [4.69, 9.17) is 0 Å². The van der Waals surface area contributed by atoms with Crippen molar-refractivity contribution in [2.75, 3.05) is 0 Å². The van der Waals surface area contributed by atoms with Crippen LogP contribution in [0.1, 0.15) is 17.7 Å². The Morgan fingerprint density at radius 1 is 1.25 bits per heavy atom. The summed E-state index contributed by atoms with van der Waals surface area (Å²) in [5, 5.41) is 0.934. The summed E-state index contributed by atoms with van der Waals surface area (Å²) in [5.74, 6) is -0.213. The molecule has 1 aromatic heterocycles. The first-order valence-corrected chi connectivity index (χ1v) is 6.73. The predicted octanol–water partition coefficient (Wildman–Crippen LogP) is 4.17. The topological polar surface area (TPSA) is 27.1 Å². The van der Waals surface area contributed by atoms with Gasteiger partial charge in [-0.15, -0.1) is 13.2 Å². The average molecular weight is 302 g/mol. The molecular formula is C13H13F3N2OS. The van der Waals surface area contributed by atoms with Gasteiger partial charge >= 0.3 is 6.36 Å². The number of halogens is 3. The molecule has 0 radical (unpaired) electrons. The second-order valence-electron chi connectivity index (χ2n) is 4.20. The zero-order chi connectivity index (χ0) is 14.8. The van der Waals surface area contributed by atoms with Crippen molar-refractivity contribution in [3.8, 4) is 5.75 Å². The molecule has 0 amide bonds. The Hall–Kier alpha value is -1.63. The summed E-state index contributed by atoms with van der Waals surface area (Å²) in [6.45, 7) is 1.97. The van der Waals surface area contributed by atoms with Crippen molar-refractivity contribution in [1.29, 1.82) is 0 Å². The van der Waals surface area contributed by atoms with E-state index in [1.807, 2.05) is 24.7 Å². The van der Waals surface area contributed by atoms with Crippen molar-refractivity contribution in [2.24, 2.45) is 7.05 Å². The SMILES string of the molecule is CC(Sc1nccn1C)c1ccc(OC(F)(F)F)cc1. The summed E-state index contributed by atoms with van der Waals surface area (Å²) in [4.78, 5) is 4.20. The lowest BCUT2D eigenvalue weighted by Gasteiger charge is -2.13. The van der Waals surface area contributed by atoms with Crippen LogP contribution in [-0.2, 0) is 7.05 Å². The van der Waals surface area contributed by atoms with E-state index in [2.05, 4.69) is 9.72 Å². The molecule has 1 heterocycles. The molecule has 0 aliphatic rings. The molecule has 20 heavy (non-hydrogen) atoms. The molecule has 7 heteroatoms. The molecule has 1 aromatic carbocycles. The van der Waals surface area contributed by atoms with Gasteiger partial charge in [0.25, 0.3) is 0 Å². The van der Waals surface area contributed by atoms with E-state index < -0.39 is 6.36 Å². The Kier molecular flexibility index (Phi) is 4.27. The second kappa shape index (κ2) is 5.78. The number of thioether (sulfide) groups is 1. The molecule has 0 N–H and O–H groups in total. The van der Waals surface area contributed by atoms with Crippen LogP contribution < -0.4 is 4.74 Å². The average Bonchev–Trinajstić information content (AvgIpc) is 2.74. The number of ether oxygens (including phenoxy) is 1. The first kappa shape index (κ1) is 14.8. The van der Waals surface area contributed by atoms with E-state index >= 15 is 0 Å². The molecule has 0 saturated heterocycles. The highest BCUT2D eigenvalue weighted by Crippen LogP contribution is 2.34. The fourth-order valence-electron chi connectivity index (χ4n) is 1.63. The van der Waals surface area contributed by atoms with Crippen molar-refractivity contribution in [2.45, 2.75) is 23.7 Å². The molecule has 0 aliphatic carbocycles. The Bertz CT molecular complexity index is 566. The van der Waals surface area contributed by atoms with Gasteiger partial charge in [-0.25, -0.2) is 4.98 Å². The third-order valence-electron chi connectivity index (χ3n) is 2.64. The van der Waals surface area contributed by atoms with Crippen LogP contribution >= 0.6 is 11.8 Å². The van der Waals surface area contributed by atoms with E-state index in [-0.39, 0.29) is 11.0 Å². The van der Waals surface area contributed by atoms with Crippen molar-refractivity contribution >= 4 is 11.8 Å². The first-order chi connectivity index (χ1) is 9.35. The molecule has 0 spiro atoms. The maximum Gasteiger partial charge on any atom is 0.573 e. The largest absolute Gasteiger partial charge is 0.573 e. The monoisotopic (exact) mass is 302 g/mol. The van der Waals surface area contributed by atoms with Gasteiger partial charge in [-0.05, 0) is 24.6 Å². The molecule has 1 unspecified atom stereocenters. The molecular weight excluding hydrogens is 289 g/mol. The summed E-state index contributed by atoms with van der Waals surface area (Å²) in [7, 11) is 1.89. The summed E-state index contributed by atoms with van der Waals surface area (Å²) >= 11 is 1.54. The summed E-state index contributed by atoms with van der Waals surface area (Å²) in [6.07, 6.45) is -1.11. The Morgan fingerprint density at radius 2 is 1.90 bits per heavy atom. The Balaban J connectivity index is 2.04. The Labute approximate surface area is 118 Å². The minimum absolute atomic E-state index is 0.0797. The van der Waals surface area contributed by atoms with Crippen molar-refractivity contribution < 1.29 is 17.9 Å². The number of imidazole rings is 1. The van der Waals surface area contributed by atoms with Crippen molar-refractivity contribution in [1.82, 2.24) is 9.55 Å². The zero-order valence-corrected chi connectivity index (χ0v) is 11.7. The number of rotatable bonds is 4. The van der Waals surface area contributed by atoms with Crippen LogP contribution in [0.2, 0.25) is 0 Å². The van der Waals surface area contributed by atoms with Gasteiger partial charge in [0.15, 0.2) is 5.16 Å². The maximum atomic E-state index is 12.1. The van der Waals surface area contributed by atoms with E-state index in [9.17, 15) is 13.2 Å². The van der Waals surface area contributed by atoms with Gasteiger partial charge in [-0.3, -0.25) is 0 Å². The van der Waals surface area contributed by atoms with Gasteiger partial charge in [0.2, 0.25) is 0 Å². The molecule has 0 bridgehead atoms. The van der Waals surface area contributed by atoms with Crippen LogP contribution in [0.25, 0.3) is 0 Å². The van der Waals surface area contributed by atoms with Gasteiger partial charge in [0.05, 0.1) is 0 Å². The number of aryl methyl sites for hydroxylation is 1. The third kappa shape index (κ3) is 3.93. The summed E-state index contributed by atoms with van der Waals surface area (Å²) in [5.41, 5.74) is 0.910. The minimum atomic E-state index is -4.66.